The Kier molecular flexibility index (Phi) is 6.50. The molecule has 8 heteroatoms. The van der Waals surface area contributed by atoms with Crippen molar-refractivity contribution in [2.45, 2.75) is 56.9 Å². The van der Waals surface area contributed by atoms with Crippen LogP contribution in [0, 0.1) is 18.3 Å². The van der Waals surface area contributed by atoms with Crippen molar-refractivity contribution in [3.05, 3.63) is 35.7 Å². The maximum absolute atomic E-state index is 13.1. The molecular weight excluding hydrogens is 360 g/mol. The molecule has 1 aromatic heterocycles. The Morgan fingerprint density at radius 3 is 2.48 bits per heavy atom. The highest BCUT2D eigenvalue weighted by Gasteiger charge is 2.27. The number of thioether (sulfide) groups is 1. The van der Waals surface area contributed by atoms with Crippen molar-refractivity contribution in [1.29, 1.82) is 5.26 Å². The fraction of sp³-hybridized carbons (Fsp3) is 0.474. The summed E-state index contributed by atoms with van der Waals surface area (Å²) in [7, 11) is 0. The number of carbonyl (C=O) groups is 1. The second-order valence-corrected chi connectivity index (χ2v) is 8.73. The molecule has 0 aliphatic rings. The molecule has 2 aromatic rings. The van der Waals surface area contributed by atoms with Crippen molar-refractivity contribution >= 4 is 23.4 Å². The van der Waals surface area contributed by atoms with Crippen LogP contribution in [0.15, 0.2) is 29.4 Å². The van der Waals surface area contributed by atoms with E-state index in [1.54, 1.807) is 4.90 Å². The molecule has 1 heterocycles. The fourth-order valence-corrected chi connectivity index (χ4v) is 3.38. The first-order valence-corrected chi connectivity index (χ1v) is 9.65. The number of amides is 1. The number of rotatable bonds is 6. The van der Waals surface area contributed by atoms with E-state index in [1.807, 2.05) is 58.9 Å². The highest BCUT2D eigenvalue weighted by molar-refractivity contribution is 8.00. The Morgan fingerprint density at radius 1 is 1.33 bits per heavy atom. The third kappa shape index (κ3) is 5.01. The lowest BCUT2D eigenvalue weighted by atomic mass is 9.96. The maximum Gasteiger partial charge on any atom is 0.240 e. The van der Waals surface area contributed by atoms with Crippen LogP contribution in [-0.2, 0) is 10.2 Å². The van der Waals surface area contributed by atoms with Crippen LogP contribution >= 0.6 is 11.8 Å². The summed E-state index contributed by atoms with van der Waals surface area (Å²) in [6, 6.07) is 9.79. The third-order valence-electron chi connectivity index (χ3n) is 4.02. The zero-order valence-electron chi connectivity index (χ0n) is 16.4. The van der Waals surface area contributed by atoms with Crippen LogP contribution in [-0.4, -0.2) is 32.6 Å². The molecule has 2 N–H and O–H groups in total. The number of carbonyl (C=O) groups excluding carboxylic acids is 1. The van der Waals surface area contributed by atoms with Crippen LogP contribution in [0.4, 0.5) is 5.69 Å². The Bertz CT molecular complexity index is 831. The molecule has 1 atom stereocenters. The van der Waals surface area contributed by atoms with E-state index in [0.717, 1.165) is 11.3 Å². The first-order chi connectivity index (χ1) is 12.6. The zero-order chi connectivity index (χ0) is 20.2. The molecule has 1 aromatic carbocycles. The van der Waals surface area contributed by atoms with Crippen molar-refractivity contribution in [3.63, 3.8) is 0 Å². The van der Waals surface area contributed by atoms with Crippen molar-refractivity contribution < 1.29 is 4.79 Å². The van der Waals surface area contributed by atoms with Gasteiger partial charge in [-0.3, -0.25) is 4.79 Å². The van der Waals surface area contributed by atoms with Gasteiger partial charge in [0, 0.05) is 17.6 Å². The number of aryl methyl sites for hydroxylation is 1. The molecule has 7 nitrogen and oxygen atoms in total. The first-order valence-electron chi connectivity index (χ1n) is 8.77. The average Bonchev–Trinajstić information content (AvgIpc) is 2.97. The normalized spacial score (nSPS) is 12.4. The minimum atomic E-state index is -0.427. The van der Waals surface area contributed by atoms with Gasteiger partial charge in [-0.05, 0) is 26.0 Å². The molecule has 0 saturated carbocycles. The van der Waals surface area contributed by atoms with Gasteiger partial charge in [-0.2, -0.15) is 5.26 Å². The molecule has 0 radical (unpaired) electrons. The molecular formula is C19H26N6OS. The summed E-state index contributed by atoms with van der Waals surface area (Å²) >= 11 is 1.27. The first kappa shape index (κ1) is 20.8. The Hall–Kier alpha value is -2.53. The van der Waals surface area contributed by atoms with Crippen LogP contribution in [0.1, 0.15) is 45.5 Å². The molecule has 0 fully saturated rings. The molecule has 0 bridgehead atoms. The summed E-state index contributed by atoms with van der Waals surface area (Å²) in [6.45, 7) is 10.2. The Morgan fingerprint density at radius 2 is 1.96 bits per heavy atom. The topological polar surface area (TPSA) is 101 Å². The van der Waals surface area contributed by atoms with Gasteiger partial charge >= 0.3 is 0 Å². The van der Waals surface area contributed by atoms with E-state index in [0.29, 0.717) is 17.5 Å². The minimum Gasteiger partial charge on any atom is -0.336 e. The second-order valence-electron chi connectivity index (χ2n) is 7.42. The zero-order valence-corrected chi connectivity index (χ0v) is 17.2. The molecule has 0 aliphatic carbocycles. The summed E-state index contributed by atoms with van der Waals surface area (Å²) in [5.41, 5.74) is 1.65. The number of benzene rings is 1. The number of nitrogens with zero attached hydrogens (tertiary/aromatic N) is 5. The standard InChI is InChI=1S/C19H26N6OS/c1-13-7-9-15(10-8-13)24(12-6-11-20)16(26)14(2)27-18-23-22-17(25(18)21)19(3,4)5/h7-10,14H,6,12,21H2,1-5H3. The van der Waals surface area contributed by atoms with E-state index in [4.69, 9.17) is 11.1 Å². The second kappa shape index (κ2) is 8.44. The largest absolute Gasteiger partial charge is 0.336 e. The van der Waals surface area contributed by atoms with Gasteiger partial charge in [0.15, 0.2) is 5.82 Å². The fourth-order valence-electron chi connectivity index (χ4n) is 2.55. The van der Waals surface area contributed by atoms with Crippen LogP contribution in [0.25, 0.3) is 0 Å². The number of hydrogen-bond acceptors (Lipinski definition) is 6. The summed E-state index contributed by atoms with van der Waals surface area (Å²) in [5.74, 6) is 6.68. The number of nitrogen functional groups attached to an aromatic ring is 1. The number of nitriles is 1. The van der Waals surface area contributed by atoms with Crippen LogP contribution in [0.3, 0.4) is 0 Å². The van der Waals surface area contributed by atoms with Crippen molar-refractivity contribution in [3.8, 4) is 6.07 Å². The van der Waals surface area contributed by atoms with Crippen LogP contribution in [0.5, 0.6) is 0 Å². The molecule has 0 aliphatic heterocycles. The summed E-state index contributed by atoms with van der Waals surface area (Å²) in [4.78, 5) is 14.7. The van der Waals surface area contributed by atoms with E-state index in [1.165, 1.54) is 16.4 Å². The van der Waals surface area contributed by atoms with E-state index in [9.17, 15) is 4.79 Å². The highest BCUT2D eigenvalue weighted by atomic mass is 32.2. The SMILES string of the molecule is Cc1ccc(N(CCC#N)C(=O)C(C)Sc2nnc(C(C)(C)C)n2N)cc1. The lowest BCUT2D eigenvalue weighted by Gasteiger charge is -2.25. The summed E-state index contributed by atoms with van der Waals surface area (Å²) in [6.07, 6.45) is 0.262. The van der Waals surface area contributed by atoms with E-state index in [2.05, 4.69) is 16.3 Å². The molecule has 1 amide bonds. The number of aromatic nitrogens is 3. The van der Waals surface area contributed by atoms with Crippen molar-refractivity contribution in [2.75, 3.05) is 17.3 Å². The monoisotopic (exact) mass is 386 g/mol. The van der Waals surface area contributed by atoms with Gasteiger partial charge in [0.2, 0.25) is 11.1 Å². The van der Waals surface area contributed by atoms with Crippen LogP contribution in [0.2, 0.25) is 0 Å². The molecule has 0 spiro atoms. The van der Waals surface area contributed by atoms with E-state index in [-0.39, 0.29) is 17.7 Å². The van der Waals surface area contributed by atoms with Gasteiger partial charge in [0.05, 0.1) is 17.7 Å². The number of nitrogens with two attached hydrogens (primary N) is 1. The van der Waals surface area contributed by atoms with E-state index < -0.39 is 5.25 Å². The van der Waals surface area contributed by atoms with Crippen molar-refractivity contribution in [2.24, 2.45) is 0 Å². The van der Waals surface area contributed by atoms with Gasteiger partial charge in [-0.15, -0.1) is 10.2 Å². The van der Waals surface area contributed by atoms with E-state index >= 15 is 0 Å². The molecule has 27 heavy (non-hydrogen) atoms. The molecule has 144 valence electrons. The Balaban J connectivity index is 2.21. The summed E-state index contributed by atoms with van der Waals surface area (Å²) < 4.78 is 1.44. The van der Waals surface area contributed by atoms with Gasteiger partial charge < -0.3 is 10.7 Å². The smallest absolute Gasteiger partial charge is 0.240 e. The number of anilines is 1. The van der Waals surface area contributed by atoms with Gasteiger partial charge in [0.25, 0.3) is 0 Å². The predicted octanol–water partition coefficient (Wildman–Crippen LogP) is 3.03. The van der Waals surface area contributed by atoms with Gasteiger partial charge in [-0.25, -0.2) is 4.68 Å². The average molecular weight is 387 g/mol. The lowest BCUT2D eigenvalue weighted by Crippen LogP contribution is -2.37. The Labute approximate surface area is 164 Å². The van der Waals surface area contributed by atoms with Gasteiger partial charge in [-0.1, -0.05) is 50.2 Å². The van der Waals surface area contributed by atoms with Gasteiger partial charge in [0.1, 0.15) is 0 Å². The maximum atomic E-state index is 13.1. The van der Waals surface area contributed by atoms with Crippen LogP contribution < -0.4 is 10.7 Å². The highest BCUT2D eigenvalue weighted by Crippen LogP contribution is 2.28. The molecule has 1 unspecified atom stereocenters. The third-order valence-corrected chi connectivity index (χ3v) is 5.07. The lowest BCUT2D eigenvalue weighted by molar-refractivity contribution is -0.117. The predicted molar refractivity (Wildman–Crippen MR) is 108 cm³/mol. The van der Waals surface area contributed by atoms with Crippen molar-refractivity contribution in [1.82, 2.24) is 14.9 Å². The summed E-state index contributed by atoms with van der Waals surface area (Å²) in [5, 5.41) is 17.3. The molecule has 0 saturated heterocycles. The molecule has 2 rings (SSSR count). The minimum absolute atomic E-state index is 0.0978. The quantitative estimate of drug-likeness (QED) is 0.605. The number of hydrogen-bond donors (Lipinski definition) is 1.